The number of imide groups is 1. The average molecular weight is 349 g/mol. The highest BCUT2D eigenvalue weighted by Crippen LogP contribution is 2.34. The number of amides is 2. The molecule has 0 unspecified atom stereocenters. The Hall–Kier alpha value is -1.95. The van der Waals surface area contributed by atoms with E-state index < -0.39 is 0 Å². The number of likely N-dealkylation sites (N-methyl/N-ethyl adjacent to an activating group) is 1. The average Bonchev–Trinajstić information content (AvgIpc) is 2.83. The minimum atomic E-state index is -0.242. The number of benzene rings is 1. The minimum absolute atomic E-state index is 0.224. The van der Waals surface area contributed by atoms with E-state index in [0.717, 1.165) is 30.2 Å². The standard InChI is InChI=1S/C18H23NO4S/c1-4-7-10-23-14-9-8-13(11-15(14)22-6-3)12-16-17(20)19(5-2)18(21)24-16/h8-9,11-12H,4-7,10H2,1-3H3/b16-12-. The lowest BCUT2D eigenvalue weighted by Gasteiger charge is -2.12. The summed E-state index contributed by atoms with van der Waals surface area (Å²) in [6.07, 6.45) is 3.77. The van der Waals surface area contributed by atoms with E-state index in [2.05, 4.69) is 6.92 Å². The predicted octanol–water partition coefficient (Wildman–Crippen LogP) is 4.32. The third-order valence-corrected chi connectivity index (χ3v) is 4.42. The first-order chi connectivity index (χ1) is 11.6. The van der Waals surface area contributed by atoms with E-state index in [1.807, 2.05) is 25.1 Å². The topological polar surface area (TPSA) is 55.8 Å². The van der Waals surface area contributed by atoms with Crippen LogP contribution < -0.4 is 9.47 Å². The number of thioether (sulfide) groups is 1. The highest BCUT2D eigenvalue weighted by Gasteiger charge is 2.33. The molecule has 0 aliphatic carbocycles. The Balaban J connectivity index is 2.22. The number of nitrogens with zero attached hydrogens (tertiary/aromatic N) is 1. The molecule has 0 saturated carbocycles. The van der Waals surface area contributed by atoms with Crippen LogP contribution in [-0.4, -0.2) is 35.8 Å². The molecule has 0 atom stereocenters. The second-order valence-electron chi connectivity index (χ2n) is 5.27. The maximum atomic E-state index is 12.2. The van der Waals surface area contributed by atoms with Gasteiger partial charge in [0.15, 0.2) is 11.5 Å². The van der Waals surface area contributed by atoms with E-state index >= 15 is 0 Å². The molecule has 1 aromatic rings. The SMILES string of the molecule is CCCCOc1ccc(/C=C2\SC(=O)N(CC)C2=O)cc1OCC. The molecule has 1 saturated heterocycles. The van der Waals surface area contributed by atoms with Gasteiger partial charge in [0.25, 0.3) is 11.1 Å². The van der Waals surface area contributed by atoms with E-state index in [1.165, 1.54) is 4.90 Å². The highest BCUT2D eigenvalue weighted by atomic mass is 32.2. The molecule has 0 N–H and O–H groups in total. The van der Waals surface area contributed by atoms with E-state index in [4.69, 9.17) is 9.47 Å². The van der Waals surface area contributed by atoms with Crippen LogP contribution in [0.1, 0.15) is 39.2 Å². The number of carbonyl (C=O) groups is 2. The van der Waals surface area contributed by atoms with Gasteiger partial charge in [-0.3, -0.25) is 14.5 Å². The fourth-order valence-corrected chi connectivity index (χ4v) is 3.16. The molecule has 0 bridgehead atoms. The monoisotopic (exact) mass is 349 g/mol. The Morgan fingerprint density at radius 3 is 2.54 bits per heavy atom. The van der Waals surface area contributed by atoms with Crippen molar-refractivity contribution in [1.29, 1.82) is 0 Å². The summed E-state index contributed by atoms with van der Waals surface area (Å²) in [5.74, 6) is 1.11. The van der Waals surface area contributed by atoms with Crippen molar-refractivity contribution in [1.82, 2.24) is 4.90 Å². The number of carbonyl (C=O) groups excluding carboxylic acids is 2. The Morgan fingerprint density at radius 2 is 1.92 bits per heavy atom. The molecule has 1 fully saturated rings. The zero-order chi connectivity index (χ0) is 17.5. The Labute approximate surface area is 147 Å². The van der Waals surface area contributed by atoms with Crippen LogP contribution in [-0.2, 0) is 4.79 Å². The van der Waals surface area contributed by atoms with Crippen LogP contribution in [0.4, 0.5) is 4.79 Å². The van der Waals surface area contributed by atoms with Crippen molar-refractivity contribution in [2.45, 2.75) is 33.6 Å². The summed E-state index contributed by atoms with van der Waals surface area (Å²) >= 11 is 0.968. The molecule has 0 radical (unpaired) electrons. The summed E-state index contributed by atoms with van der Waals surface area (Å²) in [5.41, 5.74) is 0.808. The summed E-state index contributed by atoms with van der Waals surface area (Å²) in [7, 11) is 0. The van der Waals surface area contributed by atoms with E-state index in [1.54, 1.807) is 13.0 Å². The molecule has 1 aromatic carbocycles. The lowest BCUT2D eigenvalue weighted by Crippen LogP contribution is -2.27. The molecule has 2 amide bonds. The van der Waals surface area contributed by atoms with Crippen LogP contribution in [0.15, 0.2) is 23.1 Å². The molecule has 0 spiro atoms. The summed E-state index contributed by atoms with van der Waals surface area (Å²) in [4.78, 5) is 25.6. The Morgan fingerprint density at radius 1 is 1.12 bits per heavy atom. The van der Waals surface area contributed by atoms with Crippen LogP contribution in [0.5, 0.6) is 11.5 Å². The molecule has 24 heavy (non-hydrogen) atoms. The van der Waals surface area contributed by atoms with E-state index in [9.17, 15) is 9.59 Å². The number of hydrogen-bond donors (Lipinski definition) is 0. The van der Waals surface area contributed by atoms with Crippen LogP contribution >= 0.6 is 11.8 Å². The third-order valence-electron chi connectivity index (χ3n) is 3.51. The van der Waals surface area contributed by atoms with Crippen molar-refractivity contribution in [2.24, 2.45) is 0 Å². The zero-order valence-electron chi connectivity index (χ0n) is 14.3. The van der Waals surface area contributed by atoms with Crippen LogP contribution in [0.25, 0.3) is 6.08 Å². The largest absolute Gasteiger partial charge is 0.490 e. The lowest BCUT2D eigenvalue weighted by molar-refractivity contribution is -0.122. The summed E-state index contributed by atoms with van der Waals surface area (Å²) in [6, 6.07) is 5.55. The highest BCUT2D eigenvalue weighted by molar-refractivity contribution is 8.18. The molecular formula is C18H23NO4S. The van der Waals surface area contributed by atoms with Gasteiger partial charge in [-0.25, -0.2) is 0 Å². The molecular weight excluding hydrogens is 326 g/mol. The fraction of sp³-hybridized carbons (Fsp3) is 0.444. The number of unbranched alkanes of at least 4 members (excludes halogenated alkanes) is 1. The van der Waals surface area contributed by atoms with Gasteiger partial charge in [0.1, 0.15) is 0 Å². The zero-order valence-corrected chi connectivity index (χ0v) is 15.1. The van der Waals surface area contributed by atoms with Gasteiger partial charge < -0.3 is 9.47 Å². The van der Waals surface area contributed by atoms with Gasteiger partial charge in [-0.05, 0) is 55.8 Å². The second kappa shape index (κ2) is 8.78. The number of hydrogen-bond acceptors (Lipinski definition) is 5. The smallest absolute Gasteiger partial charge is 0.293 e. The first kappa shape index (κ1) is 18.4. The second-order valence-corrected chi connectivity index (χ2v) is 6.26. The summed E-state index contributed by atoms with van der Waals surface area (Å²) in [6.45, 7) is 7.37. The van der Waals surface area contributed by atoms with Crippen molar-refractivity contribution in [3.05, 3.63) is 28.7 Å². The molecule has 1 heterocycles. The predicted molar refractivity (Wildman–Crippen MR) is 96.4 cm³/mol. The van der Waals surface area contributed by atoms with Gasteiger partial charge in [-0.1, -0.05) is 19.4 Å². The van der Waals surface area contributed by atoms with Gasteiger partial charge >= 0.3 is 0 Å². The maximum absolute atomic E-state index is 12.2. The van der Waals surface area contributed by atoms with Gasteiger partial charge in [0, 0.05) is 6.54 Å². The van der Waals surface area contributed by atoms with Gasteiger partial charge in [0.05, 0.1) is 18.1 Å². The van der Waals surface area contributed by atoms with Gasteiger partial charge in [0.2, 0.25) is 0 Å². The van der Waals surface area contributed by atoms with Crippen molar-refractivity contribution >= 4 is 29.0 Å². The van der Waals surface area contributed by atoms with Crippen molar-refractivity contribution in [3.63, 3.8) is 0 Å². The number of rotatable bonds is 8. The van der Waals surface area contributed by atoms with Gasteiger partial charge in [-0.15, -0.1) is 0 Å². The van der Waals surface area contributed by atoms with E-state index in [-0.39, 0.29) is 11.1 Å². The summed E-state index contributed by atoms with van der Waals surface area (Å²) < 4.78 is 11.4. The van der Waals surface area contributed by atoms with Crippen molar-refractivity contribution < 1.29 is 19.1 Å². The quantitative estimate of drug-likeness (QED) is 0.517. The molecule has 2 rings (SSSR count). The fourth-order valence-electron chi connectivity index (χ4n) is 2.25. The van der Waals surface area contributed by atoms with Crippen molar-refractivity contribution in [3.8, 4) is 11.5 Å². The lowest BCUT2D eigenvalue weighted by atomic mass is 10.2. The third kappa shape index (κ3) is 4.32. The van der Waals surface area contributed by atoms with Crippen LogP contribution in [0.3, 0.4) is 0 Å². The molecule has 6 heteroatoms. The molecule has 130 valence electrons. The minimum Gasteiger partial charge on any atom is -0.490 e. The first-order valence-corrected chi connectivity index (χ1v) is 9.07. The molecule has 5 nitrogen and oxygen atoms in total. The van der Waals surface area contributed by atoms with Crippen LogP contribution in [0, 0.1) is 0 Å². The Bertz CT molecular complexity index is 642. The maximum Gasteiger partial charge on any atom is 0.293 e. The summed E-state index contributed by atoms with van der Waals surface area (Å²) in [5, 5.41) is -0.224. The van der Waals surface area contributed by atoms with Crippen molar-refractivity contribution in [2.75, 3.05) is 19.8 Å². The van der Waals surface area contributed by atoms with Crippen LogP contribution in [0.2, 0.25) is 0 Å². The Kier molecular flexibility index (Phi) is 6.73. The van der Waals surface area contributed by atoms with E-state index in [0.29, 0.717) is 36.2 Å². The number of ether oxygens (including phenoxy) is 2. The molecule has 1 aliphatic rings. The molecule has 0 aromatic heterocycles. The molecule has 1 aliphatic heterocycles. The first-order valence-electron chi connectivity index (χ1n) is 8.25. The van der Waals surface area contributed by atoms with Gasteiger partial charge in [-0.2, -0.15) is 0 Å². The normalized spacial score (nSPS) is 16.1.